The summed E-state index contributed by atoms with van der Waals surface area (Å²) in [6.07, 6.45) is 2.47. The smallest absolute Gasteiger partial charge is 0.269 e. The molecule has 4 rings (SSSR count). The molecule has 3 aromatic rings. The Bertz CT molecular complexity index is 1080. The van der Waals surface area contributed by atoms with E-state index in [2.05, 4.69) is 21.8 Å². The number of nitrogens with zero attached hydrogens (tertiary/aromatic N) is 3. The van der Waals surface area contributed by atoms with Gasteiger partial charge in [-0.25, -0.2) is 4.98 Å². The molecule has 0 saturated carbocycles. The molecule has 8 nitrogen and oxygen atoms in total. The van der Waals surface area contributed by atoms with E-state index < -0.39 is 4.92 Å². The minimum Gasteiger partial charge on any atom is -0.460 e. The number of hydrogen-bond acceptors (Lipinski definition) is 6. The fourth-order valence-electron chi connectivity index (χ4n) is 3.61. The summed E-state index contributed by atoms with van der Waals surface area (Å²) in [4.78, 5) is 32.5. The number of H-pyrrole nitrogens is 1. The molecular formula is C21H22N4O4. The maximum Gasteiger partial charge on any atom is 0.269 e. The number of nitrogens with one attached hydrogen (secondary N) is 1. The Morgan fingerprint density at radius 2 is 2.03 bits per heavy atom. The summed E-state index contributed by atoms with van der Waals surface area (Å²) in [6.45, 7) is 4.00. The van der Waals surface area contributed by atoms with Crippen LogP contribution in [-0.4, -0.2) is 26.3 Å². The Hall–Kier alpha value is -3.26. The zero-order chi connectivity index (χ0) is 20.4. The van der Waals surface area contributed by atoms with E-state index in [1.165, 1.54) is 12.1 Å². The van der Waals surface area contributed by atoms with Crippen molar-refractivity contribution >= 4 is 5.69 Å². The second kappa shape index (κ2) is 8.00. The van der Waals surface area contributed by atoms with Crippen molar-refractivity contribution in [1.82, 2.24) is 14.9 Å². The van der Waals surface area contributed by atoms with Crippen LogP contribution in [0.3, 0.4) is 0 Å². The van der Waals surface area contributed by atoms with Crippen molar-refractivity contribution < 1.29 is 9.34 Å². The van der Waals surface area contributed by atoms with Gasteiger partial charge in [-0.3, -0.25) is 19.8 Å². The average molecular weight is 394 g/mol. The number of aromatic nitrogens is 2. The van der Waals surface area contributed by atoms with E-state index in [-0.39, 0.29) is 11.2 Å². The number of aryl methyl sites for hydroxylation is 1. The first kappa shape index (κ1) is 19.1. The molecule has 0 amide bonds. The van der Waals surface area contributed by atoms with E-state index in [1.807, 2.05) is 12.1 Å². The van der Waals surface area contributed by atoms with Crippen LogP contribution in [0.4, 0.5) is 5.69 Å². The third-order valence-electron chi connectivity index (χ3n) is 5.09. The molecule has 0 aliphatic carbocycles. The molecule has 0 radical (unpaired) electrons. The number of hydrogen-bond donors (Lipinski definition) is 1. The number of aromatic amines is 1. The highest BCUT2D eigenvalue weighted by Gasteiger charge is 2.22. The first-order chi connectivity index (χ1) is 14.0. The molecule has 150 valence electrons. The fourth-order valence-corrected chi connectivity index (χ4v) is 3.61. The van der Waals surface area contributed by atoms with E-state index >= 15 is 0 Å². The van der Waals surface area contributed by atoms with E-state index in [9.17, 15) is 14.9 Å². The van der Waals surface area contributed by atoms with Crippen LogP contribution in [0.25, 0.3) is 11.3 Å². The van der Waals surface area contributed by atoms with Gasteiger partial charge in [0.2, 0.25) is 0 Å². The second-order valence-electron chi connectivity index (χ2n) is 7.22. The highest BCUT2D eigenvalue weighted by atomic mass is 16.6. The summed E-state index contributed by atoms with van der Waals surface area (Å²) in [5.74, 6) is 2.22. The van der Waals surface area contributed by atoms with Gasteiger partial charge in [-0.2, -0.15) is 0 Å². The molecule has 0 saturated heterocycles. The number of furan rings is 1. The van der Waals surface area contributed by atoms with Crippen molar-refractivity contribution in [3.05, 3.63) is 79.7 Å². The second-order valence-corrected chi connectivity index (χ2v) is 7.22. The van der Waals surface area contributed by atoms with Crippen molar-refractivity contribution in [2.45, 2.75) is 39.3 Å². The zero-order valence-electron chi connectivity index (χ0n) is 16.2. The standard InChI is InChI=1S/C21H22N4O4/c1-2-3-20-22-18-10-11-24(13-17(18)21(26)23-20)12-16-8-9-19(29-16)14-4-6-15(7-5-14)25(27)28/h4-9H,2-3,10-13H2,1H3,(H,22,23,26). The normalized spacial score (nSPS) is 14.0. The average Bonchev–Trinajstić information content (AvgIpc) is 3.17. The van der Waals surface area contributed by atoms with E-state index in [0.29, 0.717) is 18.8 Å². The van der Waals surface area contributed by atoms with Gasteiger partial charge in [0, 0.05) is 43.6 Å². The SMILES string of the molecule is CCCc1nc2c(c(=O)[nH]1)CN(Cc1ccc(-c3ccc([N+](=O)[O-])cc3)o1)CC2. The molecule has 0 atom stereocenters. The number of fused-ring (bicyclic) bond motifs is 1. The molecule has 8 heteroatoms. The van der Waals surface area contributed by atoms with Crippen molar-refractivity contribution in [3.8, 4) is 11.3 Å². The van der Waals surface area contributed by atoms with Gasteiger partial charge >= 0.3 is 0 Å². The molecule has 1 aromatic carbocycles. The van der Waals surface area contributed by atoms with Crippen LogP contribution in [0, 0.1) is 10.1 Å². The minimum absolute atomic E-state index is 0.0471. The Morgan fingerprint density at radius 1 is 1.24 bits per heavy atom. The van der Waals surface area contributed by atoms with Gasteiger partial charge < -0.3 is 9.40 Å². The van der Waals surface area contributed by atoms with Gasteiger partial charge in [-0.15, -0.1) is 0 Å². The van der Waals surface area contributed by atoms with Gasteiger partial charge in [0.05, 0.1) is 22.7 Å². The number of rotatable bonds is 6. The van der Waals surface area contributed by atoms with Crippen molar-refractivity contribution in [3.63, 3.8) is 0 Å². The monoisotopic (exact) mass is 394 g/mol. The largest absolute Gasteiger partial charge is 0.460 e. The predicted octanol–water partition coefficient (Wildman–Crippen LogP) is 3.45. The highest BCUT2D eigenvalue weighted by Crippen LogP contribution is 2.26. The maximum atomic E-state index is 12.4. The van der Waals surface area contributed by atoms with Gasteiger partial charge in [0.15, 0.2) is 0 Å². The summed E-state index contributed by atoms with van der Waals surface area (Å²) < 4.78 is 5.93. The lowest BCUT2D eigenvalue weighted by Crippen LogP contribution is -2.35. The van der Waals surface area contributed by atoms with Crippen LogP contribution >= 0.6 is 0 Å². The lowest BCUT2D eigenvalue weighted by atomic mass is 10.1. The van der Waals surface area contributed by atoms with Crippen LogP contribution in [0.5, 0.6) is 0 Å². The lowest BCUT2D eigenvalue weighted by Gasteiger charge is -2.26. The molecule has 0 bridgehead atoms. The molecule has 0 unspecified atom stereocenters. The van der Waals surface area contributed by atoms with Crippen LogP contribution in [-0.2, 0) is 25.9 Å². The molecule has 0 fully saturated rings. The van der Waals surface area contributed by atoms with E-state index in [0.717, 1.165) is 54.2 Å². The fraction of sp³-hybridized carbons (Fsp3) is 0.333. The Balaban J connectivity index is 1.46. The Morgan fingerprint density at radius 3 is 2.76 bits per heavy atom. The summed E-state index contributed by atoms with van der Waals surface area (Å²) in [5, 5.41) is 10.8. The van der Waals surface area contributed by atoms with E-state index in [4.69, 9.17) is 4.42 Å². The minimum atomic E-state index is -0.423. The Labute approximate surface area is 167 Å². The first-order valence-electron chi connectivity index (χ1n) is 9.70. The molecule has 0 spiro atoms. The quantitative estimate of drug-likeness (QED) is 0.507. The van der Waals surface area contributed by atoms with Crippen LogP contribution in [0.15, 0.2) is 45.6 Å². The van der Waals surface area contributed by atoms with Gasteiger partial charge in [0.1, 0.15) is 17.3 Å². The summed E-state index contributed by atoms with van der Waals surface area (Å²) in [5.41, 5.74) is 2.43. The molecule has 2 aromatic heterocycles. The number of nitro benzene ring substituents is 1. The molecule has 29 heavy (non-hydrogen) atoms. The van der Waals surface area contributed by atoms with Crippen LogP contribution < -0.4 is 5.56 Å². The van der Waals surface area contributed by atoms with Crippen molar-refractivity contribution in [2.75, 3.05) is 6.54 Å². The molecule has 1 aliphatic rings. The third kappa shape index (κ3) is 4.12. The molecule has 3 heterocycles. The topological polar surface area (TPSA) is 105 Å². The summed E-state index contributed by atoms with van der Waals surface area (Å²) >= 11 is 0. The van der Waals surface area contributed by atoms with Gasteiger partial charge in [-0.05, 0) is 30.7 Å². The summed E-state index contributed by atoms with van der Waals surface area (Å²) in [6, 6.07) is 10.0. The van der Waals surface area contributed by atoms with Crippen LogP contribution in [0.2, 0.25) is 0 Å². The zero-order valence-corrected chi connectivity index (χ0v) is 16.2. The highest BCUT2D eigenvalue weighted by molar-refractivity contribution is 5.59. The van der Waals surface area contributed by atoms with Crippen molar-refractivity contribution in [1.29, 1.82) is 0 Å². The Kier molecular flexibility index (Phi) is 5.26. The molecule has 1 N–H and O–H groups in total. The molecule has 1 aliphatic heterocycles. The number of non-ortho nitro benzene ring substituents is 1. The first-order valence-corrected chi connectivity index (χ1v) is 9.70. The van der Waals surface area contributed by atoms with Crippen LogP contribution in [0.1, 0.15) is 36.2 Å². The number of benzene rings is 1. The maximum absolute atomic E-state index is 12.4. The van der Waals surface area contributed by atoms with Gasteiger partial charge in [0.25, 0.3) is 11.2 Å². The van der Waals surface area contributed by atoms with Gasteiger partial charge in [-0.1, -0.05) is 6.92 Å². The third-order valence-corrected chi connectivity index (χ3v) is 5.09. The lowest BCUT2D eigenvalue weighted by molar-refractivity contribution is -0.384. The molecular weight excluding hydrogens is 372 g/mol. The summed E-state index contributed by atoms with van der Waals surface area (Å²) in [7, 11) is 0. The predicted molar refractivity (Wildman–Crippen MR) is 107 cm³/mol. The number of nitro groups is 1. The van der Waals surface area contributed by atoms with E-state index in [1.54, 1.807) is 12.1 Å². The van der Waals surface area contributed by atoms with Crippen molar-refractivity contribution in [2.24, 2.45) is 0 Å².